The highest BCUT2D eigenvalue weighted by Gasteiger charge is 2.14. The van der Waals surface area contributed by atoms with Crippen molar-refractivity contribution in [2.75, 3.05) is 0 Å². The van der Waals surface area contributed by atoms with Crippen molar-refractivity contribution >= 4 is 34.3 Å². The van der Waals surface area contributed by atoms with Gasteiger partial charge in [-0.25, -0.2) is 0 Å². The molecule has 26 heavy (non-hydrogen) atoms. The van der Waals surface area contributed by atoms with Crippen molar-refractivity contribution in [1.82, 2.24) is 24.7 Å². The fourth-order valence-corrected chi connectivity index (χ4v) is 3.98. The van der Waals surface area contributed by atoms with E-state index in [2.05, 4.69) is 15.2 Å². The molecule has 1 aromatic carbocycles. The number of nitrogens with zero attached hydrogens (tertiary/aromatic N) is 5. The Morgan fingerprint density at radius 3 is 2.65 bits per heavy atom. The van der Waals surface area contributed by atoms with Crippen LogP contribution in [0.1, 0.15) is 11.3 Å². The van der Waals surface area contributed by atoms with Gasteiger partial charge in [0.1, 0.15) is 0 Å². The predicted molar refractivity (Wildman–Crippen MR) is 105 cm³/mol. The molecule has 4 rings (SSSR count). The lowest BCUT2D eigenvalue weighted by Crippen LogP contribution is -1.97. The number of rotatable bonds is 4. The molecule has 0 N–H and O–H groups in total. The molecule has 0 saturated carbocycles. The van der Waals surface area contributed by atoms with E-state index in [0.29, 0.717) is 10.8 Å². The Morgan fingerprint density at radius 1 is 1.08 bits per heavy atom. The molecular formula is C19H16ClN5S. The Labute approximate surface area is 160 Å². The third-order valence-corrected chi connectivity index (χ3v) is 5.79. The maximum absolute atomic E-state index is 6.55. The summed E-state index contributed by atoms with van der Waals surface area (Å²) >= 11 is 8.13. The zero-order valence-corrected chi connectivity index (χ0v) is 15.9. The number of hydrogen-bond acceptors (Lipinski definition) is 5. The topological polar surface area (TPSA) is 56.5 Å². The van der Waals surface area contributed by atoms with Crippen molar-refractivity contribution in [3.8, 4) is 11.4 Å². The highest BCUT2D eigenvalue weighted by Crippen LogP contribution is 2.31. The van der Waals surface area contributed by atoms with E-state index in [-0.39, 0.29) is 0 Å². The standard InChI is InChI=1S/C19H16ClN5S/c1-12-14-5-3-4-6-15(14)22-16(17(12)20)11-26-19-24-23-18(25(19)2)13-7-9-21-10-8-13/h3-10H,11H2,1-2H3. The molecule has 130 valence electrons. The number of pyridine rings is 2. The maximum atomic E-state index is 6.55. The lowest BCUT2D eigenvalue weighted by atomic mass is 10.1. The van der Waals surface area contributed by atoms with Gasteiger partial charge in [-0.1, -0.05) is 41.6 Å². The summed E-state index contributed by atoms with van der Waals surface area (Å²) in [6, 6.07) is 11.9. The van der Waals surface area contributed by atoms with E-state index in [0.717, 1.165) is 38.7 Å². The third kappa shape index (κ3) is 3.06. The SMILES string of the molecule is Cc1c(Cl)c(CSc2nnc(-c3ccncc3)n2C)nc2ccccc12. The van der Waals surface area contributed by atoms with E-state index in [1.165, 1.54) is 0 Å². The van der Waals surface area contributed by atoms with E-state index >= 15 is 0 Å². The minimum absolute atomic E-state index is 0.632. The van der Waals surface area contributed by atoms with Gasteiger partial charge in [-0.15, -0.1) is 10.2 Å². The summed E-state index contributed by atoms with van der Waals surface area (Å²) in [6.07, 6.45) is 3.50. The van der Waals surface area contributed by atoms with Gasteiger partial charge in [0.15, 0.2) is 11.0 Å². The van der Waals surface area contributed by atoms with Crippen LogP contribution in [0.5, 0.6) is 0 Å². The largest absolute Gasteiger partial charge is 0.305 e. The van der Waals surface area contributed by atoms with Gasteiger partial charge in [-0.2, -0.15) is 0 Å². The summed E-state index contributed by atoms with van der Waals surface area (Å²) in [5.74, 6) is 1.44. The zero-order valence-electron chi connectivity index (χ0n) is 14.3. The second-order valence-electron chi connectivity index (χ2n) is 5.90. The zero-order chi connectivity index (χ0) is 18.1. The molecule has 0 aliphatic rings. The molecule has 0 fully saturated rings. The van der Waals surface area contributed by atoms with E-state index in [9.17, 15) is 0 Å². The van der Waals surface area contributed by atoms with Gasteiger partial charge in [-0.3, -0.25) is 9.97 Å². The summed E-state index contributed by atoms with van der Waals surface area (Å²) in [4.78, 5) is 8.77. The molecule has 0 spiro atoms. The minimum Gasteiger partial charge on any atom is -0.305 e. The number of para-hydroxylation sites is 1. The van der Waals surface area contributed by atoms with Crippen LogP contribution in [0.15, 0.2) is 53.9 Å². The van der Waals surface area contributed by atoms with Gasteiger partial charge in [0.2, 0.25) is 0 Å². The molecule has 0 radical (unpaired) electrons. The average molecular weight is 382 g/mol. The van der Waals surface area contributed by atoms with Crippen LogP contribution >= 0.6 is 23.4 Å². The molecule has 4 aromatic rings. The lowest BCUT2D eigenvalue weighted by Gasteiger charge is -2.10. The van der Waals surface area contributed by atoms with Gasteiger partial charge < -0.3 is 4.57 Å². The lowest BCUT2D eigenvalue weighted by molar-refractivity contribution is 0.793. The van der Waals surface area contributed by atoms with Crippen molar-refractivity contribution in [3.05, 3.63) is 65.1 Å². The van der Waals surface area contributed by atoms with E-state index in [1.54, 1.807) is 24.2 Å². The summed E-state index contributed by atoms with van der Waals surface area (Å²) in [5.41, 5.74) is 3.87. The summed E-state index contributed by atoms with van der Waals surface area (Å²) in [6.45, 7) is 2.03. The fourth-order valence-electron chi connectivity index (χ4n) is 2.84. The second-order valence-corrected chi connectivity index (χ2v) is 7.22. The fraction of sp³-hybridized carbons (Fsp3) is 0.158. The quantitative estimate of drug-likeness (QED) is 0.480. The normalized spacial score (nSPS) is 11.2. The predicted octanol–water partition coefficient (Wildman–Crippen LogP) is 4.68. The maximum Gasteiger partial charge on any atom is 0.191 e. The van der Waals surface area contributed by atoms with Crippen molar-refractivity contribution in [1.29, 1.82) is 0 Å². The molecule has 0 unspecified atom stereocenters. The number of thioether (sulfide) groups is 1. The summed E-state index contributed by atoms with van der Waals surface area (Å²) < 4.78 is 1.97. The highest BCUT2D eigenvalue weighted by molar-refractivity contribution is 7.98. The van der Waals surface area contributed by atoms with Crippen LogP contribution in [0.2, 0.25) is 5.02 Å². The number of halogens is 1. The Balaban J connectivity index is 1.61. The molecule has 0 aliphatic heterocycles. The average Bonchev–Trinajstić information content (AvgIpc) is 3.05. The van der Waals surface area contributed by atoms with E-state index in [4.69, 9.17) is 16.6 Å². The van der Waals surface area contributed by atoms with Crippen LogP contribution in [0.3, 0.4) is 0 Å². The second kappa shape index (κ2) is 7.05. The number of fused-ring (bicyclic) bond motifs is 1. The van der Waals surface area contributed by atoms with Gasteiger partial charge in [0.05, 0.1) is 16.2 Å². The minimum atomic E-state index is 0.632. The first-order chi connectivity index (χ1) is 12.6. The van der Waals surface area contributed by atoms with Gasteiger partial charge in [-0.05, 0) is 30.7 Å². The van der Waals surface area contributed by atoms with Crippen LogP contribution in [0.4, 0.5) is 0 Å². The molecule has 3 heterocycles. The smallest absolute Gasteiger partial charge is 0.191 e. The first-order valence-electron chi connectivity index (χ1n) is 8.11. The third-order valence-electron chi connectivity index (χ3n) is 4.26. The summed E-state index contributed by atoms with van der Waals surface area (Å²) in [5, 5.41) is 11.2. The molecule has 0 atom stereocenters. The number of benzene rings is 1. The van der Waals surface area contributed by atoms with Crippen LogP contribution in [0.25, 0.3) is 22.3 Å². The molecule has 7 heteroatoms. The van der Waals surface area contributed by atoms with Gasteiger partial charge in [0.25, 0.3) is 0 Å². The first kappa shape index (κ1) is 17.0. The molecule has 5 nitrogen and oxygen atoms in total. The summed E-state index contributed by atoms with van der Waals surface area (Å²) in [7, 11) is 1.96. The van der Waals surface area contributed by atoms with Crippen LogP contribution in [-0.4, -0.2) is 24.7 Å². The Morgan fingerprint density at radius 2 is 1.85 bits per heavy atom. The van der Waals surface area contributed by atoms with Crippen molar-refractivity contribution < 1.29 is 0 Å². The van der Waals surface area contributed by atoms with Gasteiger partial charge >= 0.3 is 0 Å². The molecule has 0 saturated heterocycles. The Kier molecular flexibility index (Phi) is 4.61. The molecule has 3 aromatic heterocycles. The Bertz CT molecular complexity index is 1080. The number of aromatic nitrogens is 5. The highest BCUT2D eigenvalue weighted by atomic mass is 35.5. The molecule has 0 aliphatic carbocycles. The molecule has 0 bridgehead atoms. The van der Waals surface area contributed by atoms with Gasteiger partial charge in [0, 0.05) is 36.1 Å². The van der Waals surface area contributed by atoms with E-state index < -0.39 is 0 Å². The number of hydrogen-bond donors (Lipinski definition) is 0. The van der Waals surface area contributed by atoms with Crippen molar-refractivity contribution in [2.45, 2.75) is 17.8 Å². The van der Waals surface area contributed by atoms with Crippen molar-refractivity contribution in [3.63, 3.8) is 0 Å². The Hall–Kier alpha value is -2.44. The van der Waals surface area contributed by atoms with Crippen LogP contribution in [-0.2, 0) is 12.8 Å². The number of aryl methyl sites for hydroxylation is 1. The monoisotopic (exact) mass is 381 g/mol. The molecular weight excluding hydrogens is 366 g/mol. The van der Waals surface area contributed by atoms with Crippen LogP contribution in [0, 0.1) is 6.92 Å². The van der Waals surface area contributed by atoms with Crippen molar-refractivity contribution in [2.24, 2.45) is 7.05 Å². The molecule has 0 amide bonds. The first-order valence-corrected chi connectivity index (χ1v) is 9.48. The van der Waals surface area contributed by atoms with E-state index in [1.807, 2.05) is 54.9 Å². The van der Waals surface area contributed by atoms with Crippen LogP contribution < -0.4 is 0 Å².